The van der Waals surface area contributed by atoms with E-state index in [1.807, 2.05) is 47.2 Å². The third-order valence-corrected chi connectivity index (χ3v) is 5.04. The number of esters is 1. The molecule has 0 aliphatic carbocycles. The van der Waals surface area contributed by atoms with Gasteiger partial charge in [-0.2, -0.15) is 0 Å². The molecule has 0 saturated carbocycles. The largest absolute Gasteiger partial charge is 0.456 e. The number of hydrogen-bond donors (Lipinski definition) is 0. The van der Waals surface area contributed by atoms with Gasteiger partial charge in [-0.15, -0.1) is 22.7 Å². The summed E-state index contributed by atoms with van der Waals surface area (Å²) in [6.45, 7) is 0.147. The van der Waals surface area contributed by atoms with E-state index in [0.717, 1.165) is 15.4 Å². The lowest BCUT2D eigenvalue weighted by Crippen LogP contribution is -2.00. The van der Waals surface area contributed by atoms with Crippen LogP contribution >= 0.6 is 34.3 Å². The van der Waals surface area contributed by atoms with E-state index in [4.69, 9.17) is 16.3 Å². The highest BCUT2D eigenvalue weighted by molar-refractivity contribution is 7.13. The van der Waals surface area contributed by atoms with Crippen LogP contribution in [0.4, 0.5) is 0 Å². The van der Waals surface area contributed by atoms with Crippen LogP contribution in [-0.4, -0.2) is 11.0 Å². The summed E-state index contributed by atoms with van der Waals surface area (Å²) < 4.78 is 5.20. The summed E-state index contributed by atoms with van der Waals surface area (Å²) in [4.78, 5) is 17.2. The van der Waals surface area contributed by atoms with E-state index in [-0.39, 0.29) is 12.6 Å². The molecule has 0 fully saturated rings. The van der Waals surface area contributed by atoms with Crippen molar-refractivity contribution >= 4 is 46.3 Å². The molecular weight excluding hydrogens is 350 g/mol. The highest BCUT2D eigenvalue weighted by Crippen LogP contribution is 2.30. The standard InChI is InChI=1S/C17H12ClNO2S2/c18-15-6-2-1-5-14(15)17-19-12(11-23-17)10-21-16(20)8-7-13-4-3-9-22-13/h1-9,11H,10H2/b8-7+. The summed E-state index contributed by atoms with van der Waals surface area (Å²) in [6, 6.07) is 11.4. The number of benzene rings is 1. The van der Waals surface area contributed by atoms with Crippen LogP contribution in [-0.2, 0) is 16.1 Å². The Hall–Kier alpha value is -1.95. The summed E-state index contributed by atoms with van der Waals surface area (Å²) in [5.41, 5.74) is 1.59. The zero-order valence-electron chi connectivity index (χ0n) is 11.9. The van der Waals surface area contributed by atoms with E-state index in [0.29, 0.717) is 10.7 Å². The highest BCUT2D eigenvalue weighted by atomic mass is 35.5. The number of nitrogens with zero attached hydrogens (tertiary/aromatic N) is 1. The van der Waals surface area contributed by atoms with Gasteiger partial charge in [0.1, 0.15) is 11.6 Å². The fourth-order valence-electron chi connectivity index (χ4n) is 1.86. The van der Waals surface area contributed by atoms with Crippen molar-refractivity contribution in [3.8, 4) is 10.6 Å². The van der Waals surface area contributed by atoms with Crippen LogP contribution in [0.25, 0.3) is 16.6 Å². The molecule has 0 bridgehead atoms. The molecule has 2 heterocycles. The molecule has 0 unspecified atom stereocenters. The van der Waals surface area contributed by atoms with Crippen molar-refractivity contribution in [1.82, 2.24) is 4.98 Å². The van der Waals surface area contributed by atoms with Crippen LogP contribution in [0.5, 0.6) is 0 Å². The Morgan fingerprint density at radius 1 is 1.22 bits per heavy atom. The zero-order chi connectivity index (χ0) is 16.1. The number of ether oxygens (including phenoxy) is 1. The van der Waals surface area contributed by atoms with Gasteiger partial charge in [0.05, 0.1) is 10.7 Å². The number of hydrogen-bond acceptors (Lipinski definition) is 5. The first kappa shape index (κ1) is 15.9. The quantitative estimate of drug-likeness (QED) is 0.458. The van der Waals surface area contributed by atoms with Gasteiger partial charge in [0.2, 0.25) is 0 Å². The molecule has 1 aromatic carbocycles. The van der Waals surface area contributed by atoms with Crippen LogP contribution < -0.4 is 0 Å². The minimum absolute atomic E-state index is 0.147. The summed E-state index contributed by atoms with van der Waals surface area (Å²) in [5, 5.41) is 5.30. The van der Waals surface area contributed by atoms with Crippen molar-refractivity contribution in [3.63, 3.8) is 0 Å². The van der Waals surface area contributed by atoms with E-state index in [1.165, 1.54) is 17.4 Å². The molecule has 3 rings (SSSR count). The number of carbonyl (C=O) groups is 1. The second-order valence-electron chi connectivity index (χ2n) is 4.58. The van der Waals surface area contributed by atoms with Crippen LogP contribution in [0.3, 0.4) is 0 Å². The molecule has 0 aliphatic rings. The Balaban J connectivity index is 1.59. The molecule has 0 spiro atoms. The minimum Gasteiger partial charge on any atom is -0.456 e. The lowest BCUT2D eigenvalue weighted by molar-refractivity contribution is -0.139. The van der Waals surface area contributed by atoms with E-state index in [2.05, 4.69) is 4.98 Å². The highest BCUT2D eigenvalue weighted by Gasteiger charge is 2.09. The molecule has 3 nitrogen and oxygen atoms in total. The zero-order valence-corrected chi connectivity index (χ0v) is 14.3. The van der Waals surface area contributed by atoms with Crippen LogP contribution in [0.15, 0.2) is 53.2 Å². The SMILES string of the molecule is O=C(/C=C/c1cccs1)OCc1csc(-c2ccccc2Cl)n1. The Morgan fingerprint density at radius 3 is 2.87 bits per heavy atom. The average Bonchev–Trinajstić information content (AvgIpc) is 3.23. The van der Waals surface area contributed by atoms with Crippen molar-refractivity contribution in [2.45, 2.75) is 6.61 Å². The summed E-state index contributed by atoms with van der Waals surface area (Å²) in [6.07, 6.45) is 3.16. The lowest BCUT2D eigenvalue weighted by Gasteiger charge is -2.00. The van der Waals surface area contributed by atoms with Crippen LogP contribution in [0, 0.1) is 0 Å². The van der Waals surface area contributed by atoms with E-state index >= 15 is 0 Å². The van der Waals surface area contributed by atoms with Gasteiger partial charge in [0, 0.05) is 21.9 Å². The third kappa shape index (κ3) is 4.28. The maximum absolute atomic E-state index is 11.7. The van der Waals surface area contributed by atoms with E-state index < -0.39 is 0 Å². The Bertz CT molecular complexity index is 825. The van der Waals surface area contributed by atoms with Crippen LogP contribution in [0.2, 0.25) is 5.02 Å². The molecule has 0 aliphatic heterocycles. The summed E-state index contributed by atoms with van der Waals surface area (Å²) >= 11 is 9.20. The summed E-state index contributed by atoms with van der Waals surface area (Å²) in [5.74, 6) is -0.384. The fraction of sp³-hybridized carbons (Fsp3) is 0.0588. The number of carbonyl (C=O) groups excluding carboxylic acids is 1. The lowest BCUT2D eigenvalue weighted by atomic mass is 10.2. The van der Waals surface area contributed by atoms with Crippen molar-refractivity contribution in [2.24, 2.45) is 0 Å². The minimum atomic E-state index is -0.384. The number of thiazole rings is 1. The maximum atomic E-state index is 11.7. The first-order chi connectivity index (χ1) is 11.2. The normalized spacial score (nSPS) is 11.0. The molecule has 0 amide bonds. The average molecular weight is 362 g/mol. The molecule has 0 atom stereocenters. The van der Waals surface area contributed by atoms with E-state index in [9.17, 15) is 4.79 Å². The van der Waals surface area contributed by atoms with Gasteiger partial charge in [-0.1, -0.05) is 35.9 Å². The first-order valence-electron chi connectivity index (χ1n) is 6.80. The van der Waals surface area contributed by atoms with Crippen LogP contribution in [0.1, 0.15) is 10.6 Å². The number of rotatable bonds is 5. The van der Waals surface area contributed by atoms with Gasteiger partial charge in [0.25, 0.3) is 0 Å². The monoisotopic (exact) mass is 361 g/mol. The molecule has 23 heavy (non-hydrogen) atoms. The van der Waals surface area contributed by atoms with Crippen molar-refractivity contribution in [1.29, 1.82) is 0 Å². The predicted molar refractivity (Wildman–Crippen MR) is 95.7 cm³/mol. The van der Waals surface area contributed by atoms with Gasteiger partial charge in [-0.25, -0.2) is 9.78 Å². The second-order valence-corrected chi connectivity index (χ2v) is 6.82. The van der Waals surface area contributed by atoms with Crippen molar-refractivity contribution < 1.29 is 9.53 Å². The molecule has 116 valence electrons. The van der Waals surface area contributed by atoms with Gasteiger partial charge in [-0.3, -0.25) is 0 Å². The van der Waals surface area contributed by atoms with Gasteiger partial charge >= 0.3 is 5.97 Å². The number of thiophene rings is 1. The molecule has 0 N–H and O–H groups in total. The Labute approximate surface area is 146 Å². The number of halogens is 1. The van der Waals surface area contributed by atoms with Gasteiger partial charge < -0.3 is 4.74 Å². The van der Waals surface area contributed by atoms with Crippen molar-refractivity contribution in [2.75, 3.05) is 0 Å². The van der Waals surface area contributed by atoms with Crippen molar-refractivity contribution in [3.05, 3.63) is 68.8 Å². The van der Waals surface area contributed by atoms with Gasteiger partial charge in [-0.05, 0) is 23.6 Å². The third-order valence-electron chi connectivity index (χ3n) is 2.95. The fourth-order valence-corrected chi connectivity index (χ4v) is 3.60. The Morgan fingerprint density at radius 2 is 2.09 bits per heavy atom. The Kier molecular flexibility index (Phi) is 5.23. The molecular formula is C17H12ClNO2S2. The maximum Gasteiger partial charge on any atom is 0.331 e. The van der Waals surface area contributed by atoms with E-state index in [1.54, 1.807) is 17.4 Å². The van der Waals surface area contributed by atoms with Gasteiger partial charge in [0.15, 0.2) is 0 Å². The first-order valence-corrected chi connectivity index (χ1v) is 8.94. The molecule has 6 heteroatoms. The number of aromatic nitrogens is 1. The molecule has 0 radical (unpaired) electrons. The molecule has 3 aromatic rings. The molecule has 2 aromatic heterocycles. The summed E-state index contributed by atoms with van der Waals surface area (Å²) in [7, 11) is 0. The second kappa shape index (κ2) is 7.55. The topological polar surface area (TPSA) is 39.2 Å². The molecule has 0 saturated heterocycles. The smallest absolute Gasteiger partial charge is 0.331 e. The predicted octanol–water partition coefficient (Wildman–Crippen LogP) is 5.28.